The van der Waals surface area contributed by atoms with Gasteiger partial charge in [-0.05, 0) is 30.4 Å². The zero-order chi connectivity index (χ0) is 13.7. The summed E-state index contributed by atoms with van der Waals surface area (Å²) in [6, 6.07) is 10.5. The lowest BCUT2D eigenvalue weighted by molar-refractivity contribution is -0.122. The molecular weight excluding hydrogens is 272 g/mol. The Kier molecular flexibility index (Phi) is 7.03. The molecule has 1 fully saturated rings. The van der Waals surface area contributed by atoms with Gasteiger partial charge in [0.1, 0.15) is 0 Å². The third-order valence-electron chi connectivity index (χ3n) is 4.03. The summed E-state index contributed by atoms with van der Waals surface area (Å²) in [7, 11) is 0. The molecule has 1 saturated heterocycles. The summed E-state index contributed by atoms with van der Waals surface area (Å²) in [6.45, 7) is 6.28. The summed E-state index contributed by atoms with van der Waals surface area (Å²) in [5.41, 5.74) is 1.23. The van der Waals surface area contributed by atoms with Gasteiger partial charge in [0.25, 0.3) is 0 Å². The normalized spacial score (nSPS) is 23.5. The van der Waals surface area contributed by atoms with E-state index in [9.17, 15) is 4.79 Å². The second-order valence-corrected chi connectivity index (χ2v) is 5.66. The van der Waals surface area contributed by atoms with Crippen LogP contribution in [-0.2, 0) is 4.79 Å². The first-order valence-corrected chi connectivity index (χ1v) is 7.22. The fourth-order valence-corrected chi connectivity index (χ4v) is 2.63. The Morgan fingerprint density at radius 3 is 2.75 bits per heavy atom. The number of halogens is 1. The quantitative estimate of drug-likeness (QED) is 0.897. The average Bonchev–Trinajstić information content (AvgIpc) is 2.42. The largest absolute Gasteiger partial charge is 0.352 e. The number of carbonyl (C=O) groups is 1. The smallest absolute Gasteiger partial charge is 0.220 e. The van der Waals surface area contributed by atoms with E-state index in [1.54, 1.807) is 0 Å². The first-order chi connectivity index (χ1) is 9.16. The van der Waals surface area contributed by atoms with Crippen molar-refractivity contribution >= 4 is 18.3 Å². The number of nitrogens with one attached hydrogen (secondary N) is 2. The maximum Gasteiger partial charge on any atom is 0.220 e. The molecule has 1 heterocycles. The molecule has 0 bridgehead atoms. The first-order valence-electron chi connectivity index (χ1n) is 7.22. The summed E-state index contributed by atoms with van der Waals surface area (Å²) in [5.74, 6) is 1.00. The molecule has 2 rings (SSSR count). The predicted molar refractivity (Wildman–Crippen MR) is 85.3 cm³/mol. The molecule has 112 valence electrons. The van der Waals surface area contributed by atoms with Crippen molar-refractivity contribution in [3.63, 3.8) is 0 Å². The highest BCUT2D eigenvalue weighted by molar-refractivity contribution is 5.85. The van der Waals surface area contributed by atoms with Crippen LogP contribution in [0.25, 0.3) is 0 Å². The number of benzene rings is 1. The van der Waals surface area contributed by atoms with Gasteiger partial charge in [0.05, 0.1) is 0 Å². The lowest BCUT2D eigenvalue weighted by Crippen LogP contribution is -2.50. The van der Waals surface area contributed by atoms with Crippen LogP contribution in [0, 0.1) is 5.92 Å². The van der Waals surface area contributed by atoms with E-state index in [2.05, 4.69) is 36.6 Å². The molecule has 3 nitrogen and oxygen atoms in total. The Morgan fingerprint density at radius 2 is 2.10 bits per heavy atom. The van der Waals surface area contributed by atoms with Gasteiger partial charge >= 0.3 is 0 Å². The third-order valence-corrected chi connectivity index (χ3v) is 4.03. The van der Waals surface area contributed by atoms with Gasteiger partial charge in [-0.3, -0.25) is 4.79 Å². The van der Waals surface area contributed by atoms with Crippen LogP contribution in [0.1, 0.15) is 38.2 Å². The molecule has 3 atom stereocenters. The molecule has 1 aliphatic rings. The second-order valence-electron chi connectivity index (χ2n) is 5.66. The van der Waals surface area contributed by atoms with Gasteiger partial charge < -0.3 is 10.6 Å². The van der Waals surface area contributed by atoms with Crippen LogP contribution in [-0.4, -0.2) is 25.0 Å². The summed E-state index contributed by atoms with van der Waals surface area (Å²) >= 11 is 0. The summed E-state index contributed by atoms with van der Waals surface area (Å²) in [4.78, 5) is 12.1. The van der Waals surface area contributed by atoms with E-state index in [1.807, 2.05) is 18.2 Å². The molecule has 0 aliphatic carbocycles. The van der Waals surface area contributed by atoms with E-state index >= 15 is 0 Å². The van der Waals surface area contributed by atoms with Gasteiger partial charge in [-0.2, -0.15) is 0 Å². The van der Waals surface area contributed by atoms with Crippen molar-refractivity contribution in [2.75, 3.05) is 13.1 Å². The molecule has 1 aromatic rings. The van der Waals surface area contributed by atoms with E-state index < -0.39 is 0 Å². The summed E-state index contributed by atoms with van der Waals surface area (Å²) < 4.78 is 0. The van der Waals surface area contributed by atoms with E-state index in [1.165, 1.54) is 5.56 Å². The van der Waals surface area contributed by atoms with E-state index in [0.717, 1.165) is 19.5 Å². The molecule has 0 aromatic heterocycles. The maximum absolute atomic E-state index is 12.1. The molecule has 1 amide bonds. The summed E-state index contributed by atoms with van der Waals surface area (Å²) in [5, 5.41) is 6.51. The third kappa shape index (κ3) is 4.80. The van der Waals surface area contributed by atoms with E-state index in [0.29, 0.717) is 12.3 Å². The van der Waals surface area contributed by atoms with Crippen LogP contribution in [0.15, 0.2) is 30.3 Å². The van der Waals surface area contributed by atoms with Gasteiger partial charge in [-0.25, -0.2) is 0 Å². The van der Waals surface area contributed by atoms with Crippen molar-refractivity contribution in [2.24, 2.45) is 5.92 Å². The monoisotopic (exact) mass is 296 g/mol. The minimum Gasteiger partial charge on any atom is -0.352 e. The predicted octanol–water partition coefficient (Wildman–Crippen LogP) is 2.72. The molecule has 3 unspecified atom stereocenters. The Hall–Kier alpha value is -1.06. The van der Waals surface area contributed by atoms with Crippen LogP contribution in [0.2, 0.25) is 0 Å². The van der Waals surface area contributed by atoms with Crippen molar-refractivity contribution in [1.29, 1.82) is 0 Å². The van der Waals surface area contributed by atoms with E-state index in [4.69, 9.17) is 0 Å². The number of amides is 1. The zero-order valence-electron chi connectivity index (χ0n) is 12.3. The zero-order valence-corrected chi connectivity index (χ0v) is 13.1. The molecule has 1 aliphatic heterocycles. The molecule has 2 N–H and O–H groups in total. The Balaban J connectivity index is 0.00000200. The number of piperidine rings is 1. The SMILES string of the molecule is CC(CC(=O)NC1CNCCC1C)c1ccccc1.Cl. The standard InChI is InChI=1S/C16H24N2O.ClH/c1-12-8-9-17-11-15(12)18-16(19)10-13(2)14-6-4-3-5-7-14;/h3-7,12-13,15,17H,8-11H2,1-2H3,(H,18,19);1H. The van der Waals surface area contributed by atoms with Crippen molar-refractivity contribution in [3.05, 3.63) is 35.9 Å². The highest BCUT2D eigenvalue weighted by atomic mass is 35.5. The Bertz CT molecular complexity index is 410. The van der Waals surface area contributed by atoms with Gasteiger partial charge in [0, 0.05) is 19.0 Å². The van der Waals surface area contributed by atoms with Crippen LogP contribution >= 0.6 is 12.4 Å². The molecule has 4 heteroatoms. The fraction of sp³-hybridized carbons (Fsp3) is 0.562. The van der Waals surface area contributed by atoms with Crippen molar-refractivity contribution in [2.45, 2.75) is 38.6 Å². The maximum atomic E-state index is 12.1. The first kappa shape index (κ1) is 17.0. The van der Waals surface area contributed by atoms with Crippen LogP contribution < -0.4 is 10.6 Å². The van der Waals surface area contributed by atoms with Crippen LogP contribution in [0.5, 0.6) is 0 Å². The van der Waals surface area contributed by atoms with Crippen molar-refractivity contribution in [3.8, 4) is 0 Å². The Morgan fingerprint density at radius 1 is 1.40 bits per heavy atom. The number of hydrogen-bond donors (Lipinski definition) is 2. The lowest BCUT2D eigenvalue weighted by Gasteiger charge is -2.30. The second kappa shape index (κ2) is 8.28. The molecule has 0 spiro atoms. The van der Waals surface area contributed by atoms with Crippen molar-refractivity contribution < 1.29 is 4.79 Å². The molecular formula is C16H25ClN2O. The average molecular weight is 297 g/mol. The minimum atomic E-state index is 0. The fourth-order valence-electron chi connectivity index (χ4n) is 2.63. The van der Waals surface area contributed by atoms with E-state index in [-0.39, 0.29) is 30.3 Å². The molecule has 20 heavy (non-hydrogen) atoms. The number of carbonyl (C=O) groups excluding carboxylic acids is 1. The topological polar surface area (TPSA) is 41.1 Å². The minimum absolute atomic E-state index is 0. The van der Waals surface area contributed by atoms with Crippen molar-refractivity contribution in [1.82, 2.24) is 10.6 Å². The molecule has 1 aromatic carbocycles. The highest BCUT2D eigenvalue weighted by Gasteiger charge is 2.23. The van der Waals surface area contributed by atoms with Gasteiger partial charge in [0.15, 0.2) is 0 Å². The van der Waals surface area contributed by atoms with Gasteiger partial charge in [-0.15, -0.1) is 12.4 Å². The number of rotatable bonds is 4. The highest BCUT2D eigenvalue weighted by Crippen LogP contribution is 2.19. The Labute approximate surface area is 127 Å². The summed E-state index contributed by atoms with van der Waals surface area (Å²) in [6.07, 6.45) is 1.70. The van der Waals surface area contributed by atoms with Gasteiger partial charge in [0.2, 0.25) is 5.91 Å². The lowest BCUT2D eigenvalue weighted by atomic mass is 9.93. The molecule has 0 saturated carbocycles. The van der Waals surface area contributed by atoms with Gasteiger partial charge in [-0.1, -0.05) is 44.2 Å². The number of hydrogen-bond acceptors (Lipinski definition) is 2. The van der Waals surface area contributed by atoms with Crippen LogP contribution in [0.4, 0.5) is 0 Å². The van der Waals surface area contributed by atoms with Crippen LogP contribution in [0.3, 0.4) is 0 Å². The molecule has 0 radical (unpaired) electrons.